The van der Waals surface area contributed by atoms with Gasteiger partial charge in [0.2, 0.25) is 0 Å². The third-order valence-electron chi connectivity index (χ3n) is 27.5. The Bertz CT molecular complexity index is 1810. The van der Waals surface area contributed by atoms with E-state index in [0.29, 0.717) is 77.0 Å². The second kappa shape index (κ2) is 82.2. The van der Waals surface area contributed by atoms with Gasteiger partial charge in [0, 0.05) is 82.1 Å². The highest BCUT2D eigenvalue weighted by atomic mass is 16.5. The fourth-order valence-electron chi connectivity index (χ4n) is 19.0. The molecule has 0 amide bonds. The first-order chi connectivity index (χ1) is 58.0. The highest BCUT2D eigenvalue weighted by Crippen LogP contribution is 2.33. The number of aliphatic hydroxyl groups is 12. The molecule has 14 nitrogen and oxygen atoms in total. The lowest BCUT2D eigenvalue weighted by atomic mass is 9.87. The van der Waals surface area contributed by atoms with Crippen molar-refractivity contribution in [1.29, 1.82) is 0 Å². The lowest BCUT2D eigenvalue weighted by Crippen LogP contribution is -2.37. The standard InChI is InChI=1S/C21H38O4.5C17H34O2/c1-18(20(22)23)17-19-15-13-11-9-7-5-3-2-4-6-8-10-12-14-16-21(19,24)25;5*18-17(19)15-13-11-9-7-5-3-1-2-4-6-8-10-12-14-16-17/h17,19,24-25H,2-16H2,1H3,(H,22,23);5*18-19H,1-16H2. The van der Waals surface area contributed by atoms with Gasteiger partial charge < -0.3 is 66.4 Å². The molecule has 6 aliphatic carbocycles. The van der Waals surface area contributed by atoms with Gasteiger partial charge in [0.15, 0.2) is 34.7 Å². The first-order valence-electron chi connectivity index (χ1n) is 53.6. The molecule has 0 aromatic carbocycles. The molecule has 14 heteroatoms. The molecule has 120 heavy (non-hydrogen) atoms. The SMILES string of the molecule is CC(=CC1CCCCCCCCCCCCCCCC1(O)O)C(=O)O.OC1(O)CCCCCCCCCCCCCCCC1.OC1(O)CCCCCCCCCCCCCCCC1.OC1(O)CCCCCCCCCCCCCCCC1.OC1(O)CCCCCCCCCCCCCCCC1.OC1(O)CCCCCCCCCCCCCCCC1. The van der Waals surface area contributed by atoms with E-state index in [1.807, 2.05) is 0 Å². The van der Waals surface area contributed by atoms with E-state index in [9.17, 15) is 66.1 Å². The van der Waals surface area contributed by atoms with Crippen molar-refractivity contribution in [3.8, 4) is 0 Å². The molecular weight excluding hydrogens is 1500 g/mol. The molecule has 6 rings (SSSR count). The van der Waals surface area contributed by atoms with Crippen molar-refractivity contribution in [3.63, 3.8) is 0 Å². The molecule has 1 atom stereocenters. The lowest BCUT2D eigenvalue weighted by Gasteiger charge is -2.30. The molecule has 0 heterocycles. The van der Waals surface area contributed by atoms with E-state index in [1.54, 1.807) is 6.08 Å². The summed E-state index contributed by atoms with van der Waals surface area (Å²) in [4.78, 5) is 11.1. The average molecular weight is 1710 g/mol. The number of hydrogen-bond donors (Lipinski definition) is 13. The van der Waals surface area contributed by atoms with Crippen LogP contribution in [0.4, 0.5) is 0 Å². The topological polar surface area (TPSA) is 280 Å². The molecule has 0 saturated heterocycles. The number of rotatable bonds is 2. The maximum absolute atomic E-state index is 11.1. The minimum Gasteiger partial charge on any atom is -0.478 e. The molecule has 716 valence electrons. The van der Waals surface area contributed by atoms with Crippen LogP contribution in [0.2, 0.25) is 0 Å². The Morgan fingerprint density at radius 3 is 0.392 bits per heavy atom. The van der Waals surface area contributed by atoms with E-state index in [4.69, 9.17) is 5.11 Å². The van der Waals surface area contributed by atoms with E-state index in [1.165, 1.54) is 379 Å². The summed E-state index contributed by atoms with van der Waals surface area (Å²) < 4.78 is 0. The predicted molar refractivity (Wildman–Crippen MR) is 507 cm³/mol. The zero-order chi connectivity index (χ0) is 87.6. The molecule has 0 aromatic rings. The predicted octanol–water partition coefficient (Wildman–Crippen LogP) is 29.8. The molecule has 1 unspecified atom stereocenters. The maximum atomic E-state index is 11.1. The Morgan fingerprint density at radius 2 is 0.275 bits per heavy atom. The van der Waals surface area contributed by atoms with Crippen molar-refractivity contribution in [2.75, 3.05) is 0 Å². The normalized spacial score (nSPS) is 25.6. The van der Waals surface area contributed by atoms with Crippen molar-refractivity contribution >= 4 is 5.97 Å². The summed E-state index contributed by atoms with van der Waals surface area (Å²) in [5.74, 6) is -10.3. The highest BCUT2D eigenvalue weighted by Gasteiger charge is 2.33. The van der Waals surface area contributed by atoms with Crippen molar-refractivity contribution in [3.05, 3.63) is 11.6 Å². The van der Waals surface area contributed by atoms with Crippen LogP contribution in [0.25, 0.3) is 0 Å². The van der Waals surface area contributed by atoms with Gasteiger partial charge in [0.05, 0.1) is 0 Å². The molecule has 0 spiro atoms. The molecule has 0 aromatic heterocycles. The van der Waals surface area contributed by atoms with Gasteiger partial charge in [-0.25, -0.2) is 4.79 Å². The smallest absolute Gasteiger partial charge is 0.330 e. The Morgan fingerprint density at radius 1 is 0.175 bits per heavy atom. The zero-order valence-electron chi connectivity index (χ0n) is 79.6. The molecule has 0 radical (unpaired) electrons. The van der Waals surface area contributed by atoms with Crippen LogP contribution in [-0.4, -0.2) is 107 Å². The monoisotopic (exact) mass is 1710 g/mol. The Balaban J connectivity index is 0.000000722. The highest BCUT2D eigenvalue weighted by molar-refractivity contribution is 5.85. The zero-order valence-corrected chi connectivity index (χ0v) is 79.6. The van der Waals surface area contributed by atoms with Crippen LogP contribution in [0.5, 0.6) is 0 Å². The van der Waals surface area contributed by atoms with Crippen LogP contribution in [-0.2, 0) is 4.79 Å². The first kappa shape index (κ1) is 117. The summed E-state index contributed by atoms with van der Waals surface area (Å²) in [7, 11) is 0. The van der Waals surface area contributed by atoms with Gasteiger partial charge in [0.1, 0.15) is 0 Å². The van der Waals surface area contributed by atoms with Crippen LogP contribution >= 0.6 is 0 Å². The van der Waals surface area contributed by atoms with E-state index >= 15 is 0 Å². The van der Waals surface area contributed by atoms with Crippen LogP contribution in [0.3, 0.4) is 0 Å². The molecule has 13 N–H and O–H groups in total. The summed E-state index contributed by atoms with van der Waals surface area (Å²) >= 11 is 0. The average Bonchev–Trinajstić information content (AvgIpc) is 0.866. The molecule has 0 bridgehead atoms. The number of carboxylic acid groups (broad SMARTS) is 1. The van der Waals surface area contributed by atoms with Crippen molar-refractivity contribution in [2.24, 2.45) is 5.92 Å². The van der Waals surface area contributed by atoms with Crippen LogP contribution in [0, 0.1) is 5.92 Å². The number of hydrogen-bond acceptors (Lipinski definition) is 13. The van der Waals surface area contributed by atoms with Gasteiger partial charge in [0.25, 0.3) is 0 Å². The third-order valence-corrected chi connectivity index (χ3v) is 27.5. The van der Waals surface area contributed by atoms with Crippen molar-refractivity contribution < 1.29 is 71.2 Å². The van der Waals surface area contributed by atoms with Gasteiger partial charge in [-0.05, 0) is 84.0 Å². The lowest BCUT2D eigenvalue weighted by molar-refractivity contribution is -0.195. The quantitative estimate of drug-likeness (QED) is 0.0905. The summed E-state index contributed by atoms with van der Waals surface area (Å²) in [5.41, 5.74) is 0.198. The van der Waals surface area contributed by atoms with Gasteiger partial charge >= 0.3 is 5.97 Å². The molecule has 6 fully saturated rings. The fraction of sp³-hybridized carbons (Fsp3) is 0.972. The Labute approximate surface area is 742 Å². The summed E-state index contributed by atoms with van der Waals surface area (Å²) in [6, 6.07) is 0. The molecular formula is C106H208O14. The minimum atomic E-state index is -1.80. The van der Waals surface area contributed by atoms with Gasteiger partial charge in [-0.1, -0.05) is 468 Å². The van der Waals surface area contributed by atoms with Gasteiger partial charge in [-0.3, -0.25) is 0 Å². The molecule has 0 aliphatic heterocycles. The Hall–Kier alpha value is -1.27. The number of carbonyl (C=O) groups is 1. The van der Waals surface area contributed by atoms with Crippen LogP contribution in [0.1, 0.15) is 617 Å². The van der Waals surface area contributed by atoms with E-state index < -0.39 is 46.6 Å². The minimum absolute atomic E-state index is 0.198. The first-order valence-corrected chi connectivity index (χ1v) is 53.6. The Kier molecular flexibility index (Phi) is 79.9. The van der Waals surface area contributed by atoms with Crippen molar-refractivity contribution in [2.45, 2.75) is 652 Å². The maximum Gasteiger partial charge on any atom is 0.330 e. The van der Waals surface area contributed by atoms with Crippen molar-refractivity contribution in [1.82, 2.24) is 0 Å². The fourth-order valence-corrected chi connectivity index (χ4v) is 19.0. The second-order valence-electron chi connectivity index (χ2n) is 39.9. The van der Waals surface area contributed by atoms with Crippen LogP contribution in [0.15, 0.2) is 11.6 Å². The second-order valence-corrected chi connectivity index (χ2v) is 39.9. The van der Waals surface area contributed by atoms with E-state index in [0.717, 1.165) is 161 Å². The summed E-state index contributed by atoms with van der Waals surface area (Å²) in [6.07, 6.45) is 112. The number of carboxylic acids is 1. The largest absolute Gasteiger partial charge is 0.478 e. The third kappa shape index (κ3) is 83.6. The molecule has 6 aliphatic rings. The van der Waals surface area contributed by atoms with E-state index in [2.05, 4.69) is 0 Å². The summed E-state index contributed by atoms with van der Waals surface area (Å²) in [6.45, 7) is 1.53. The number of aliphatic carboxylic acids is 1. The summed E-state index contributed by atoms with van der Waals surface area (Å²) in [5, 5.41) is 129. The van der Waals surface area contributed by atoms with Gasteiger partial charge in [-0.2, -0.15) is 0 Å². The van der Waals surface area contributed by atoms with Gasteiger partial charge in [-0.15, -0.1) is 0 Å². The van der Waals surface area contributed by atoms with E-state index in [-0.39, 0.29) is 5.57 Å². The van der Waals surface area contributed by atoms with Crippen LogP contribution < -0.4 is 0 Å². The molecule has 6 saturated carbocycles.